The van der Waals surface area contributed by atoms with Crippen LogP contribution in [0.5, 0.6) is 0 Å². The Morgan fingerprint density at radius 3 is 2.64 bits per heavy atom. The van der Waals surface area contributed by atoms with Gasteiger partial charge >= 0.3 is 0 Å². The highest BCUT2D eigenvalue weighted by Crippen LogP contribution is 2.28. The summed E-state index contributed by atoms with van der Waals surface area (Å²) in [4.78, 5) is 1.10. The second-order valence-electron chi connectivity index (χ2n) is 3.02. The Balaban J connectivity index is 2.88. The molecule has 2 radical (unpaired) electrons. The summed E-state index contributed by atoms with van der Waals surface area (Å²) >= 11 is 7.74. The van der Waals surface area contributed by atoms with Crippen LogP contribution < -0.4 is 5.46 Å². The third kappa shape index (κ3) is 1.53. The summed E-state index contributed by atoms with van der Waals surface area (Å²) in [5.74, 6) is 0. The lowest BCUT2D eigenvalue weighted by Gasteiger charge is -2.08. The molecule has 2 aromatic carbocycles. The van der Waals surface area contributed by atoms with Gasteiger partial charge in [-0.15, -0.1) is 11.8 Å². The standard InChI is InChI=1S/C11H8BClS/c1-14-11-8-3-2-4-10(13)7(8)5-6-9(11)12/h2-6H,1H3. The van der Waals surface area contributed by atoms with Crippen molar-refractivity contribution in [3.63, 3.8) is 0 Å². The zero-order chi connectivity index (χ0) is 10.1. The van der Waals surface area contributed by atoms with Crippen molar-refractivity contribution in [2.75, 3.05) is 6.26 Å². The molecule has 0 spiro atoms. The molecular formula is C11H8BClS. The first kappa shape index (κ1) is 9.94. The zero-order valence-corrected chi connectivity index (χ0v) is 9.32. The first-order valence-corrected chi connectivity index (χ1v) is 5.85. The smallest absolute Gasteiger partial charge is 0.115 e. The maximum atomic E-state index is 6.09. The van der Waals surface area contributed by atoms with Gasteiger partial charge in [-0.1, -0.05) is 41.3 Å². The van der Waals surface area contributed by atoms with Crippen LogP contribution in [0.2, 0.25) is 5.02 Å². The highest BCUT2D eigenvalue weighted by atomic mass is 35.5. The highest BCUT2D eigenvalue weighted by molar-refractivity contribution is 7.99. The van der Waals surface area contributed by atoms with Crippen LogP contribution in [0.1, 0.15) is 0 Å². The Labute approximate surface area is 94.1 Å². The van der Waals surface area contributed by atoms with Crippen molar-refractivity contribution >= 4 is 47.4 Å². The zero-order valence-electron chi connectivity index (χ0n) is 7.75. The average molecular weight is 219 g/mol. The van der Waals surface area contributed by atoms with E-state index in [1.54, 1.807) is 11.8 Å². The number of fused-ring (bicyclic) bond motifs is 1. The van der Waals surface area contributed by atoms with E-state index < -0.39 is 0 Å². The van der Waals surface area contributed by atoms with Crippen LogP contribution in [0.15, 0.2) is 35.2 Å². The van der Waals surface area contributed by atoms with Crippen molar-refractivity contribution in [3.05, 3.63) is 35.4 Å². The van der Waals surface area contributed by atoms with Gasteiger partial charge in [0.2, 0.25) is 0 Å². The normalized spacial score (nSPS) is 10.7. The number of benzene rings is 2. The summed E-state index contributed by atoms with van der Waals surface area (Å²) in [6.07, 6.45) is 2.02. The molecule has 0 atom stereocenters. The van der Waals surface area contributed by atoms with Gasteiger partial charge in [0.05, 0.1) is 0 Å². The van der Waals surface area contributed by atoms with Gasteiger partial charge in [-0.2, -0.15) is 0 Å². The Kier molecular flexibility index (Phi) is 2.75. The molecule has 2 aromatic rings. The van der Waals surface area contributed by atoms with Crippen LogP contribution in [-0.2, 0) is 0 Å². The fraction of sp³-hybridized carbons (Fsp3) is 0.0909. The average Bonchev–Trinajstić information content (AvgIpc) is 2.18. The van der Waals surface area contributed by atoms with Gasteiger partial charge in [0.15, 0.2) is 0 Å². The molecule has 14 heavy (non-hydrogen) atoms. The molecule has 0 N–H and O–H groups in total. The van der Waals surface area contributed by atoms with Crippen molar-refractivity contribution in [1.29, 1.82) is 0 Å². The summed E-state index contributed by atoms with van der Waals surface area (Å²) in [6, 6.07) is 9.75. The van der Waals surface area contributed by atoms with Crippen LogP contribution in [-0.4, -0.2) is 14.1 Å². The van der Waals surface area contributed by atoms with Gasteiger partial charge in [-0.25, -0.2) is 0 Å². The largest absolute Gasteiger partial charge is 0.130 e. The van der Waals surface area contributed by atoms with Crippen LogP contribution in [0.4, 0.5) is 0 Å². The Morgan fingerprint density at radius 2 is 1.93 bits per heavy atom. The maximum Gasteiger partial charge on any atom is 0.115 e. The van der Waals surface area contributed by atoms with Crippen molar-refractivity contribution in [1.82, 2.24) is 0 Å². The lowest BCUT2D eigenvalue weighted by atomic mass is 9.93. The van der Waals surface area contributed by atoms with E-state index in [1.165, 1.54) is 0 Å². The molecule has 0 saturated carbocycles. The minimum absolute atomic E-state index is 0.776. The number of hydrogen-bond acceptors (Lipinski definition) is 1. The highest BCUT2D eigenvalue weighted by Gasteiger charge is 2.04. The third-order valence-electron chi connectivity index (χ3n) is 2.19. The van der Waals surface area contributed by atoms with Gasteiger partial charge < -0.3 is 0 Å². The van der Waals surface area contributed by atoms with E-state index in [0.717, 1.165) is 26.2 Å². The lowest BCUT2D eigenvalue weighted by Crippen LogP contribution is -2.05. The molecule has 68 valence electrons. The molecule has 0 amide bonds. The predicted molar refractivity (Wildman–Crippen MR) is 66.1 cm³/mol. The molecular weight excluding hydrogens is 210 g/mol. The van der Waals surface area contributed by atoms with E-state index in [1.807, 2.05) is 36.6 Å². The first-order chi connectivity index (χ1) is 6.74. The first-order valence-electron chi connectivity index (χ1n) is 4.24. The molecule has 2 rings (SSSR count). The molecule has 0 aromatic heterocycles. The molecule has 0 bridgehead atoms. The van der Waals surface area contributed by atoms with Gasteiger partial charge in [0.1, 0.15) is 7.85 Å². The summed E-state index contributed by atoms with van der Waals surface area (Å²) in [6.45, 7) is 0. The molecule has 0 aliphatic carbocycles. The lowest BCUT2D eigenvalue weighted by molar-refractivity contribution is 1.61. The molecule has 0 aliphatic rings. The molecule has 0 nitrogen and oxygen atoms in total. The quantitative estimate of drug-likeness (QED) is 0.524. The van der Waals surface area contributed by atoms with Crippen LogP contribution >= 0.6 is 23.4 Å². The van der Waals surface area contributed by atoms with Gasteiger partial charge in [-0.05, 0) is 17.7 Å². The third-order valence-corrected chi connectivity index (χ3v) is 3.39. The predicted octanol–water partition coefficient (Wildman–Crippen LogP) is 3.01. The molecule has 0 saturated heterocycles. The second kappa shape index (κ2) is 3.88. The van der Waals surface area contributed by atoms with Crippen molar-refractivity contribution in [3.8, 4) is 0 Å². The number of rotatable bonds is 1. The summed E-state index contributed by atoms with van der Waals surface area (Å²) < 4.78 is 0. The topological polar surface area (TPSA) is 0 Å². The van der Waals surface area contributed by atoms with Crippen LogP contribution in [0.3, 0.4) is 0 Å². The monoisotopic (exact) mass is 218 g/mol. The Bertz CT molecular complexity index is 482. The van der Waals surface area contributed by atoms with Crippen LogP contribution in [0, 0.1) is 0 Å². The summed E-state index contributed by atoms with van der Waals surface area (Å²) in [5.41, 5.74) is 0.812. The van der Waals surface area contributed by atoms with E-state index >= 15 is 0 Å². The molecule has 0 aliphatic heterocycles. The molecule has 0 unspecified atom stereocenters. The Hall–Kier alpha value is -0.595. The fourth-order valence-corrected chi connectivity index (χ4v) is 2.48. The van der Waals surface area contributed by atoms with Crippen molar-refractivity contribution < 1.29 is 0 Å². The number of hydrogen-bond donors (Lipinski definition) is 0. The summed E-state index contributed by atoms with van der Waals surface area (Å²) in [5, 5.41) is 2.97. The van der Waals surface area contributed by atoms with Crippen molar-refractivity contribution in [2.45, 2.75) is 4.90 Å². The van der Waals surface area contributed by atoms with Gasteiger partial charge in [0.25, 0.3) is 0 Å². The van der Waals surface area contributed by atoms with E-state index in [0.29, 0.717) is 0 Å². The van der Waals surface area contributed by atoms with Gasteiger partial charge in [-0.3, -0.25) is 0 Å². The minimum Gasteiger partial charge on any atom is -0.130 e. The van der Waals surface area contributed by atoms with Gasteiger partial charge in [0, 0.05) is 15.3 Å². The van der Waals surface area contributed by atoms with E-state index in [9.17, 15) is 0 Å². The van der Waals surface area contributed by atoms with E-state index in [2.05, 4.69) is 0 Å². The minimum atomic E-state index is 0.776. The van der Waals surface area contributed by atoms with E-state index in [-0.39, 0.29) is 0 Å². The summed E-state index contributed by atoms with van der Waals surface area (Å²) in [7, 11) is 5.88. The second-order valence-corrected chi connectivity index (χ2v) is 4.25. The van der Waals surface area contributed by atoms with Crippen LogP contribution in [0.25, 0.3) is 10.8 Å². The SMILES string of the molecule is [B]c1ccc2c(Cl)cccc2c1SC. The molecule has 0 heterocycles. The number of thioether (sulfide) groups is 1. The van der Waals surface area contributed by atoms with E-state index in [4.69, 9.17) is 19.4 Å². The molecule has 0 fully saturated rings. The fourth-order valence-electron chi connectivity index (χ4n) is 1.54. The maximum absolute atomic E-state index is 6.09. The molecule has 3 heteroatoms. The Morgan fingerprint density at radius 1 is 1.14 bits per heavy atom. The van der Waals surface area contributed by atoms with Crippen molar-refractivity contribution in [2.24, 2.45) is 0 Å². The number of halogens is 1.